The summed E-state index contributed by atoms with van der Waals surface area (Å²) in [5.41, 5.74) is 0.785. The first-order valence-corrected chi connectivity index (χ1v) is 6.41. The van der Waals surface area contributed by atoms with E-state index in [1.807, 2.05) is 12.1 Å². The van der Waals surface area contributed by atoms with Crippen LogP contribution < -0.4 is 5.32 Å². The first-order chi connectivity index (χ1) is 8.66. The highest BCUT2D eigenvalue weighted by Crippen LogP contribution is 2.18. The zero-order valence-corrected chi connectivity index (χ0v) is 10.7. The SMILES string of the molecule is CN(Cc1ccccc1O)C(=O)CC1CCCN1. The van der Waals surface area contributed by atoms with Crippen LogP contribution in [-0.2, 0) is 11.3 Å². The highest BCUT2D eigenvalue weighted by atomic mass is 16.3. The van der Waals surface area contributed by atoms with Crippen molar-refractivity contribution in [2.24, 2.45) is 0 Å². The van der Waals surface area contributed by atoms with Crippen LogP contribution in [0.2, 0.25) is 0 Å². The minimum Gasteiger partial charge on any atom is -0.508 e. The molecule has 1 saturated heterocycles. The number of carbonyl (C=O) groups excluding carboxylic acids is 1. The van der Waals surface area contributed by atoms with Gasteiger partial charge in [-0.25, -0.2) is 0 Å². The first kappa shape index (κ1) is 12.9. The topological polar surface area (TPSA) is 52.6 Å². The third-order valence-electron chi connectivity index (χ3n) is 3.41. The van der Waals surface area contributed by atoms with Crippen molar-refractivity contribution in [3.8, 4) is 5.75 Å². The molecule has 0 aromatic heterocycles. The fraction of sp³-hybridized carbons (Fsp3) is 0.500. The maximum absolute atomic E-state index is 12.0. The Morgan fingerprint density at radius 2 is 2.28 bits per heavy atom. The fourth-order valence-electron chi connectivity index (χ4n) is 2.29. The van der Waals surface area contributed by atoms with Crippen molar-refractivity contribution in [2.75, 3.05) is 13.6 Å². The van der Waals surface area contributed by atoms with Crippen LogP contribution in [0.1, 0.15) is 24.8 Å². The van der Waals surface area contributed by atoms with Crippen LogP contribution in [0.3, 0.4) is 0 Å². The second-order valence-corrected chi connectivity index (χ2v) is 4.88. The standard InChI is InChI=1S/C14H20N2O2/c1-16(10-11-5-2-3-7-13(11)17)14(18)9-12-6-4-8-15-12/h2-3,5,7,12,15,17H,4,6,8-10H2,1H3. The summed E-state index contributed by atoms with van der Waals surface area (Å²) in [5.74, 6) is 0.369. The molecule has 1 amide bonds. The monoisotopic (exact) mass is 248 g/mol. The summed E-state index contributed by atoms with van der Waals surface area (Å²) in [5, 5.41) is 13.0. The fourth-order valence-corrected chi connectivity index (χ4v) is 2.29. The Morgan fingerprint density at radius 1 is 1.50 bits per heavy atom. The molecule has 0 saturated carbocycles. The normalized spacial score (nSPS) is 18.8. The van der Waals surface area contributed by atoms with Gasteiger partial charge in [0.1, 0.15) is 5.75 Å². The predicted molar refractivity (Wildman–Crippen MR) is 70.2 cm³/mol. The summed E-state index contributed by atoms with van der Waals surface area (Å²) in [6.07, 6.45) is 2.78. The highest BCUT2D eigenvalue weighted by molar-refractivity contribution is 5.76. The molecule has 1 aliphatic heterocycles. The molecule has 0 radical (unpaired) electrons. The van der Waals surface area contributed by atoms with Gasteiger partial charge in [0.2, 0.25) is 5.91 Å². The van der Waals surface area contributed by atoms with Crippen LogP contribution in [0.15, 0.2) is 24.3 Å². The van der Waals surface area contributed by atoms with Crippen LogP contribution in [-0.4, -0.2) is 35.5 Å². The Kier molecular flexibility index (Phi) is 4.20. The summed E-state index contributed by atoms with van der Waals surface area (Å²) in [6, 6.07) is 7.46. The smallest absolute Gasteiger partial charge is 0.224 e. The average molecular weight is 248 g/mol. The molecule has 1 aromatic carbocycles. The summed E-state index contributed by atoms with van der Waals surface area (Å²) in [4.78, 5) is 13.7. The number of nitrogens with zero attached hydrogens (tertiary/aromatic N) is 1. The molecule has 1 unspecified atom stereocenters. The number of rotatable bonds is 4. The van der Waals surface area contributed by atoms with Crippen LogP contribution in [0.5, 0.6) is 5.75 Å². The van der Waals surface area contributed by atoms with Gasteiger partial charge in [0.25, 0.3) is 0 Å². The second-order valence-electron chi connectivity index (χ2n) is 4.88. The number of benzene rings is 1. The van der Waals surface area contributed by atoms with Gasteiger partial charge in [0, 0.05) is 31.6 Å². The Bertz CT molecular complexity index is 414. The molecule has 1 heterocycles. The third-order valence-corrected chi connectivity index (χ3v) is 3.41. The number of carbonyl (C=O) groups is 1. The number of hydrogen-bond donors (Lipinski definition) is 2. The first-order valence-electron chi connectivity index (χ1n) is 6.41. The largest absolute Gasteiger partial charge is 0.508 e. The van der Waals surface area contributed by atoms with Gasteiger partial charge in [-0.15, -0.1) is 0 Å². The van der Waals surface area contributed by atoms with Gasteiger partial charge in [-0.2, -0.15) is 0 Å². The minimum atomic E-state index is 0.123. The summed E-state index contributed by atoms with van der Waals surface area (Å²) in [7, 11) is 1.78. The number of aromatic hydroxyl groups is 1. The summed E-state index contributed by atoms with van der Waals surface area (Å²) in [6.45, 7) is 1.47. The Balaban J connectivity index is 1.89. The number of hydrogen-bond acceptors (Lipinski definition) is 3. The molecule has 1 aromatic rings. The van der Waals surface area contributed by atoms with Crippen LogP contribution in [0.25, 0.3) is 0 Å². The van der Waals surface area contributed by atoms with Gasteiger partial charge in [-0.1, -0.05) is 18.2 Å². The van der Waals surface area contributed by atoms with E-state index in [9.17, 15) is 9.90 Å². The van der Waals surface area contributed by atoms with Crippen molar-refractivity contribution < 1.29 is 9.90 Å². The molecule has 2 N–H and O–H groups in total. The van der Waals surface area contributed by atoms with Crippen molar-refractivity contribution in [1.29, 1.82) is 0 Å². The van der Waals surface area contributed by atoms with Gasteiger partial charge < -0.3 is 15.3 Å². The van der Waals surface area contributed by atoms with E-state index in [1.54, 1.807) is 24.1 Å². The molecule has 98 valence electrons. The average Bonchev–Trinajstić information content (AvgIpc) is 2.84. The lowest BCUT2D eigenvalue weighted by Gasteiger charge is -2.20. The number of phenols is 1. The summed E-state index contributed by atoms with van der Waals surface area (Å²) >= 11 is 0. The lowest BCUT2D eigenvalue weighted by Crippen LogP contribution is -2.33. The molecule has 2 rings (SSSR count). The van der Waals surface area contributed by atoms with E-state index in [0.717, 1.165) is 24.9 Å². The molecule has 4 nitrogen and oxygen atoms in total. The van der Waals surface area contributed by atoms with Gasteiger partial charge >= 0.3 is 0 Å². The molecule has 0 bridgehead atoms. The maximum Gasteiger partial charge on any atom is 0.224 e. The Labute approximate surface area is 108 Å². The van der Waals surface area contributed by atoms with Crippen molar-refractivity contribution in [3.63, 3.8) is 0 Å². The molecular weight excluding hydrogens is 228 g/mol. The molecule has 0 spiro atoms. The number of nitrogens with one attached hydrogen (secondary N) is 1. The Morgan fingerprint density at radius 3 is 2.94 bits per heavy atom. The minimum absolute atomic E-state index is 0.123. The van der Waals surface area contributed by atoms with Crippen LogP contribution in [0, 0.1) is 0 Å². The summed E-state index contributed by atoms with van der Waals surface area (Å²) < 4.78 is 0. The van der Waals surface area contributed by atoms with E-state index in [0.29, 0.717) is 19.0 Å². The lowest BCUT2D eigenvalue weighted by molar-refractivity contribution is -0.130. The zero-order chi connectivity index (χ0) is 13.0. The van der Waals surface area contributed by atoms with Gasteiger partial charge in [-0.05, 0) is 25.5 Å². The van der Waals surface area contributed by atoms with Gasteiger partial charge in [0.05, 0.1) is 0 Å². The molecule has 4 heteroatoms. The number of para-hydroxylation sites is 1. The van der Waals surface area contributed by atoms with Crippen LogP contribution in [0.4, 0.5) is 0 Å². The molecule has 1 fully saturated rings. The number of amides is 1. The molecule has 18 heavy (non-hydrogen) atoms. The Hall–Kier alpha value is -1.55. The van der Waals surface area contributed by atoms with Crippen molar-refractivity contribution in [2.45, 2.75) is 31.8 Å². The predicted octanol–water partition coefficient (Wildman–Crippen LogP) is 1.49. The van der Waals surface area contributed by atoms with Crippen molar-refractivity contribution >= 4 is 5.91 Å². The van der Waals surface area contributed by atoms with Crippen molar-refractivity contribution in [3.05, 3.63) is 29.8 Å². The van der Waals surface area contributed by atoms with E-state index in [1.165, 1.54) is 0 Å². The second kappa shape index (κ2) is 5.87. The quantitative estimate of drug-likeness (QED) is 0.849. The van der Waals surface area contributed by atoms with Crippen LogP contribution >= 0.6 is 0 Å². The van der Waals surface area contributed by atoms with E-state index in [4.69, 9.17) is 0 Å². The lowest BCUT2D eigenvalue weighted by atomic mass is 10.1. The van der Waals surface area contributed by atoms with E-state index >= 15 is 0 Å². The van der Waals surface area contributed by atoms with E-state index < -0.39 is 0 Å². The zero-order valence-electron chi connectivity index (χ0n) is 10.7. The molecule has 1 atom stereocenters. The molecule has 1 aliphatic rings. The highest BCUT2D eigenvalue weighted by Gasteiger charge is 2.20. The van der Waals surface area contributed by atoms with Crippen molar-refractivity contribution in [1.82, 2.24) is 10.2 Å². The molecular formula is C14H20N2O2. The maximum atomic E-state index is 12.0. The van der Waals surface area contributed by atoms with Gasteiger partial charge in [-0.3, -0.25) is 4.79 Å². The third kappa shape index (κ3) is 3.23. The van der Waals surface area contributed by atoms with E-state index in [-0.39, 0.29) is 11.7 Å². The van der Waals surface area contributed by atoms with E-state index in [2.05, 4.69) is 5.32 Å². The molecule has 0 aliphatic carbocycles. The van der Waals surface area contributed by atoms with Gasteiger partial charge in [0.15, 0.2) is 0 Å². The number of phenolic OH excluding ortho intramolecular Hbond substituents is 1.